The van der Waals surface area contributed by atoms with Crippen LogP contribution in [0.25, 0.3) is 0 Å². The minimum atomic E-state index is -0.246. The summed E-state index contributed by atoms with van der Waals surface area (Å²) in [6.07, 6.45) is 1.46. The van der Waals surface area contributed by atoms with Gasteiger partial charge >= 0.3 is 6.03 Å². The molecule has 0 aliphatic carbocycles. The third-order valence-electron chi connectivity index (χ3n) is 3.71. The van der Waals surface area contributed by atoms with Crippen molar-refractivity contribution in [1.82, 2.24) is 20.5 Å². The highest BCUT2D eigenvalue weighted by molar-refractivity contribution is 5.92. The number of urea groups is 1. The predicted octanol–water partition coefficient (Wildman–Crippen LogP) is 1.99. The van der Waals surface area contributed by atoms with E-state index in [2.05, 4.69) is 15.6 Å². The number of carbonyl (C=O) groups is 2. The van der Waals surface area contributed by atoms with E-state index in [4.69, 9.17) is 4.42 Å². The van der Waals surface area contributed by atoms with E-state index < -0.39 is 0 Å². The number of nitrogens with zero attached hydrogens (tertiary/aromatic N) is 2. The van der Waals surface area contributed by atoms with Crippen LogP contribution in [0.1, 0.15) is 55.8 Å². The zero-order valence-electron chi connectivity index (χ0n) is 14.5. The molecule has 23 heavy (non-hydrogen) atoms. The van der Waals surface area contributed by atoms with E-state index in [0.29, 0.717) is 24.7 Å². The Labute approximate surface area is 136 Å². The van der Waals surface area contributed by atoms with Crippen molar-refractivity contribution in [2.24, 2.45) is 0 Å². The van der Waals surface area contributed by atoms with Crippen LogP contribution in [0.3, 0.4) is 0 Å². The Balaban J connectivity index is 1.84. The molecule has 2 rings (SSSR count). The molecule has 1 fully saturated rings. The molecule has 7 nitrogen and oxygen atoms in total. The predicted molar refractivity (Wildman–Crippen MR) is 86.3 cm³/mol. The van der Waals surface area contributed by atoms with Gasteiger partial charge < -0.3 is 20.0 Å². The second-order valence-electron chi connectivity index (χ2n) is 7.06. The molecule has 2 heterocycles. The van der Waals surface area contributed by atoms with Gasteiger partial charge in [-0.05, 0) is 40.5 Å². The summed E-state index contributed by atoms with van der Waals surface area (Å²) < 4.78 is 5.33. The molecule has 1 aliphatic rings. The van der Waals surface area contributed by atoms with E-state index in [1.54, 1.807) is 18.7 Å². The number of amides is 3. The van der Waals surface area contributed by atoms with Crippen LogP contribution in [0.15, 0.2) is 4.42 Å². The van der Waals surface area contributed by atoms with Crippen molar-refractivity contribution in [2.45, 2.75) is 59.0 Å². The molecule has 0 bridgehead atoms. The van der Waals surface area contributed by atoms with Crippen molar-refractivity contribution in [3.8, 4) is 0 Å². The van der Waals surface area contributed by atoms with E-state index >= 15 is 0 Å². The van der Waals surface area contributed by atoms with Crippen LogP contribution < -0.4 is 10.6 Å². The molecule has 7 heteroatoms. The van der Waals surface area contributed by atoms with E-state index in [0.717, 1.165) is 12.8 Å². The SMILES string of the molecule is Cc1nc(C)c(C(=O)NC2CCN(C(=O)NC(C)(C)C)CC2)o1. The van der Waals surface area contributed by atoms with Gasteiger partial charge in [0.2, 0.25) is 5.76 Å². The molecule has 1 saturated heterocycles. The molecule has 1 aromatic heterocycles. The molecule has 128 valence electrons. The first-order chi connectivity index (χ1) is 10.7. The fourth-order valence-electron chi connectivity index (χ4n) is 2.62. The normalized spacial score (nSPS) is 16.3. The molecule has 1 aromatic rings. The topological polar surface area (TPSA) is 87.5 Å². The fourth-order valence-corrected chi connectivity index (χ4v) is 2.62. The lowest BCUT2D eigenvalue weighted by molar-refractivity contribution is 0.0887. The van der Waals surface area contributed by atoms with E-state index in [1.807, 2.05) is 20.8 Å². The Kier molecular flexibility index (Phi) is 4.97. The molecule has 3 amide bonds. The smallest absolute Gasteiger partial charge is 0.317 e. The Bertz CT molecular complexity index is 581. The number of oxazole rings is 1. The monoisotopic (exact) mass is 322 g/mol. The summed E-state index contributed by atoms with van der Waals surface area (Å²) in [4.78, 5) is 30.2. The van der Waals surface area contributed by atoms with Gasteiger partial charge in [-0.2, -0.15) is 0 Å². The third-order valence-corrected chi connectivity index (χ3v) is 3.71. The minimum Gasteiger partial charge on any atom is -0.436 e. The van der Waals surface area contributed by atoms with Gasteiger partial charge in [0.25, 0.3) is 5.91 Å². The number of piperidine rings is 1. The van der Waals surface area contributed by atoms with Crippen molar-refractivity contribution in [3.63, 3.8) is 0 Å². The van der Waals surface area contributed by atoms with Crippen LogP contribution in [0, 0.1) is 13.8 Å². The Morgan fingerprint density at radius 3 is 2.30 bits per heavy atom. The molecule has 1 aliphatic heterocycles. The number of rotatable bonds is 2. The first-order valence-corrected chi connectivity index (χ1v) is 7.97. The fraction of sp³-hybridized carbons (Fsp3) is 0.688. The number of carbonyl (C=O) groups excluding carboxylic acids is 2. The van der Waals surface area contributed by atoms with Gasteiger partial charge in [-0.25, -0.2) is 9.78 Å². The molecule has 0 aromatic carbocycles. The van der Waals surface area contributed by atoms with Crippen LogP contribution in [-0.4, -0.2) is 46.5 Å². The summed E-state index contributed by atoms with van der Waals surface area (Å²) in [6.45, 7) is 10.6. The lowest BCUT2D eigenvalue weighted by Crippen LogP contribution is -2.53. The maximum Gasteiger partial charge on any atom is 0.317 e. The standard InChI is InChI=1S/C16H26N4O3/c1-10-13(23-11(2)17-10)14(21)18-12-6-8-20(9-7-12)15(22)19-16(3,4)5/h12H,6-9H2,1-5H3,(H,18,21)(H,19,22). The zero-order chi connectivity index (χ0) is 17.2. The highest BCUT2D eigenvalue weighted by Gasteiger charge is 2.27. The van der Waals surface area contributed by atoms with E-state index in [1.165, 1.54) is 0 Å². The Morgan fingerprint density at radius 1 is 1.22 bits per heavy atom. The van der Waals surface area contributed by atoms with Crippen LogP contribution in [0.4, 0.5) is 4.79 Å². The molecular formula is C16H26N4O3. The maximum atomic E-state index is 12.2. The van der Waals surface area contributed by atoms with Crippen LogP contribution in [0.2, 0.25) is 0 Å². The van der Waals surface area contributed by atoms with Crippen LogP contribution in [-0.2, 0) is 0 Å². The first-order valence-electron chi connectivity index (χ1n) is 7.97. The van der Waals surface area contributed by atoms with Gasteiger partial charge in [-0.1, -0.05) is 0 Å². The van der Waals surface area contributed by atoms with Gasteiger partial charge in [-0.3, -0.25) is 4.79 Å². The van der Waals surface area contributed by atoms with Gasteiger partial charge in [0.15, 0.2) is 5.89 Å². The first kappa shape index (κ1) is 17.3. The minimum absolute atomic E-state index is 0.0472. The molecule has 0 unspecified atom stereocenters. The average molecular weight is 322 g/mol. The maximum absolute atomic E-state index is 12.2. The summed E-state index contributed by atoms with van der Waals surface area (Å²) in [5.41, 5.74) is 0.353. The van der Waals surface area contributed by atoms with Crippen molar-refractivity contribution in [2.75, 3.05) is 13.1 Å². The molecule has 2 N–H and O–H groups in total. The number of aromatic nitrogens is 1. The van der Waals surface area contributed by atoms with Crippen molar-refractivity contribution < 1.29 is 14.0 Å². The van der Waals surface area contributed by atoms with Crippen LogP contribution >= 0.6 is 0 Å². The number of hydrogen-bond donors (Lipinski definition) is 2. The average Bonchev–Trinajstić information content (AvgIpc) is 2.76. The van der Waals surface area contributed by atoms with Gasteiger partial charge in [-0.15, -0.1) is 0 Å². The lowest BCUT2D eigenvalue weighted by atomic mass is 10.0. The quantitative estimate of drug-likeness (QED) is 0.871. The van der Waals surface area contributed by atoms with Gasteiger partial charge in [0.1, 0.15) is 0 Å². The Morgan fingerprint density at radius 2 is 1.83 bits per heavy atom. The van der Waals surface area contributed by atoms with Crippen molar-refractivity contribution >= 4 is 11.9 Å². The molecule has 0 radical (unpaired) electrons. The van der Waals surface area contributed by atoms with E-state index in [9.17, 15) is 9.59 Å². The Hall–Kier alpha value is -2.05. The number of aryl methyl sites for hydroxylation is 2. The van der Waals surface area contributed by atoms with Gasteiger partial charge in [0.05, 0.1) is 5.69 Å². The molecular weight excluding hydrogens is 296 g/mol. The van der Waals surface area contributed by atoms with Crippen molar-refractivity contribution in [3.05, 3.63) is 17.3 Å². The molecule has 0 saturated carbocycles. The second kappa shape index (κ2) is 6.60. The zero-order valence-corrected chi connectivity index (χ0v) is 14.5. The number of likely N-dealkylation sites (tertiary alicyclic amines) is 1. The number of nitrogens with one attached hydrogen (secondary N) is 2. The third kappa shape index (κ3) is 4.71. The largest absolute Gasteiger partial charge is 0.436 e. The summed E-state index contributed by atoms with van der Waals surface area (Å²) in [5.74, 6) is 0.525. The van der Waals surface area contributed by atoms with Crippen molar-refractivity contribution in [1.29, 1.82) is 0 Å². The van der Waals surface area contributed by atoms with E-state index in [-0.39, 0.29) is 29.3 Å². The summed E-state index contributed by atoms with van der Waals surface area (Å²) >= 11 is 0. The lowest BCUT2D eigenvalue weighted by Gasteiger charge is -2.34. The summed E-state index contributed by atoms with van der Waals surface area (Å²) in [6, 6.07) is -0.00465. The van der Waals surface area contributed by atoms with Crippen LogP contribution in [0.5, 0.6) is 0 Å². The molecule has 0 spiro atoms. The summed E-state index contributed by atoms with van der Waals surface area (Å²) in [7, 11) is 0. The second-order valence-corrected chi connectivity index (χ2v) is 7.06. The molecule has 0 atom stereocenters. The highest BCUT2D eigenvalue weighted by atomic mass is 16.4. The van der Waals surface area contributed by atoms with Gasteiger partial charge in [0, 0.05) is 31.6 Å². The summed E-state index contributed by atoms with van der Waals surface area (Å²) in [5, 5.41) is 5.92. The number of hydrogen-bond acceptors (Lipinski definition) is 4. The highest BCUT2D eigenvalue weighted by Crippen LogP contribution is 2.14.